The summed E-state index contributed by atoms with van der Waals surface area (Å²) in [5.41, 5.74) is -2.73. The Hall–Kier alpha value is -0.330. The van der Waals surface area contributed by atoms with E-state index in [4.69, 9.17) is 35.2 Å². The number of hydrogen-bond donors (Lipinski definition) is 7. The maximum atomic E-state index is 10.4. The molecule has 0 spiro atoms. The van der Waals surface area contributed by atoms with Crippen molar-refractivity contribution >= 4 is 10.1 Å². The number of aliphatic hydroxyl groups is 6. The first-order valence-corrected chi connectivity index (χ1v) is 5.60. The van der Waals surface area contributed by atoms with Gasteiger partial charge in [0.05, 0.1) is 6.61 Å². The molecular formula is C6H14O9S. The fraction of sp³-hybridized carbons (Fsp3) is 1.00. The van der Waals surface area contributed by atoms with Gasteiger partial charge in [-0.05, 0) is 0 Å². The molecule has 0 amide bonds. The highest BCUT2D eigenvalue weighted by atomic mass is 32.2. The average molecular weight is 262 g/mol. The van der Waals surface area contributed by atoms with Crippen LogP contribution in [0.25, 0.3) is 0 Å². The highest BCUT2D eigenvalue weighted by molar-refractivity contribution is 7.86. The van der Waals surface area contributed by atoms with Crippen LogP contribution in [0.2, 0.25) is 0 Å². The van der Waals surface area contributed by atoms with Gasteiger partial charge >= 0.3 is 0 Å². The van der Waals surface area contributed by atoms with E-state index in [0.29, 0.717) is 0 Å². The van der Waals surface area contributed by atoms with Crippen molar-refractivity contribution < 1.29 is 43.6 Å². The Morgan fingerprint density at radius 2 is 1.31 bits per heavy atom. The van der Waals surface area contributed by atoms with Crippen LogP contribution in [-0.4, -0.2) is 80.1 Å². The first-order valence-electron chi connectivity index (χ1n) is 4.10. The molecule has 0 heterocycles. The summed E-state index contributed by atoms with van der Waals surface area (Å²) in [6, 6.07) is 0. The number of rotatable bonds is 6. The van der Waals surface area contributed by atoms with Gasteiger partial charge in [-0.25, -0.2) is 0 Å². The lowest BCUT2D eigenvalue weighted by atomic mass is 10.0. The molecule has 0 aliphatic carbocycles. The van der Waals surface area contributed by atoms with Gasteiger partial charge in [-0.1, -0.05) is 0 Å². The third-order valence-corrected chi connectivity index (χ3v) is 2.77. The molecule has 98 valence electrons. The minimum absolute atomic E-state index is 0.951. The Kier molecular flexibility index (Phi) is 5.72. The van der Waals surface area contributed by atoms with Crippen LogP contribution in [0, 0.1) is 0 Å². The molecule has 0 fully saturated rings. The quantitative estimate of drug-likeness (QED) is 0.233. The molecule has 0 aliphatic rings. The van der Waals surface area contributed by atoms with Crippen LogP contribution in [0.4, 0.5) is 0 Å². The monoisotopic (exact) mass is 262 g/mol. The second kappa shape index (κ2) is 5.84. The topological polar surface area (TPSA) is 176 Å². The second-order valence-corrected chi connectivity index (χ2v) is 4.64. The van der Waals surface area contributed by atoms with Crippen LogP contribution in [0.5, 0.6) is 0 Å². The van der Waals surface area contributed by atoms with Gasteiger partial charge in [0.15, 0.2) is 0 Å². The van der Waals surface area contributed by atoms with Crippen LogP contribution < -0.4 is 0 Å². The lowest BCUT2D eigenvalue weighted by Gasteiger charge is -2.27. The highest BCUT2D eigenvalue weighted by Gasteiger charge is 2.39. The van der Waals surface area contributed by atoms with E-state index in [1.54, 1.807) is 0 Å². The molecule has 0 aromatic carbocycles. The van der Waals surface area contributed by atoms with E-state index < -0.39 is 46.6 Å². The Morgan fingerprint density at radius 1 is 0.875 bits per heavy atom. The summed E-state index contributed by atoms with van der Waals surface area (Å²) in [6.07, 6.45) is -8.63. The fourth-order valence-electron chi connectivity index (χ4n) is 0.882. The van der Waals surface area contributed by atoms with Crippen LogP contribution in [-0.2, 0) is 10.1 Å². The molecule has 16 heavy (non-hydrogen) atoms. The van der Waals surface area contributed by atoms with Gasteiger partial charge in [-0.3, -0.25) is 4.55 Å². The third kappa shape index (κ3) is 3.92. The summed E-state index contributed by atoms with van der Waals surface area (Å²) in [6.45, 7) is -0.951. The molecule has 0 saturated heterocycles. The van der Waals surface area contributed by atoms with Crippen molar-refractivity contribution in [1.29, 1.82) is 0 Å². The van der Waals surface area contributed by atoms with Crippen LogP contribution >= 0.6 is 0 Å². The molecule has 0 radical (unpaired) electrons. The molecule has 0 aromatic heterocycles. The van der Waals surface area contributed by atoms with Gasteiger partial charge in [-0.15, -0.1) is 0 Å². The predicted octanol–water partition coefficient (Wildman–Crippen LogP) is -4.37. The Morgan fingerprint density at radius 3 is 1.62 bits per heavy atom. The molecule has 9 nitrogen and oxygen atoms in total. The largest absolute Gasteiger partial charge is 0.394 e. The highest BCUT2D eigenvalue weighted by Crippen LogP contribution is 2.11. The van der Waals surface area contributed by atoms with Crippen molar-refractivity contribution in [2.24, 2.45) is 0 Å². The van der Waals surface area contributed by atoms with Crippen molar-refractivity contribution in [3.05, 3.63) is 0 Å². The summed E-state index contributed by atoms with van der Waals surface area (Å²) in [7, 11) is -5.02. The smallest absolute Gasteiger partial charge is 0.294 e. The van der Waals surface area contributed by atoms with Crippen LogP contribution in [0.1, 0.15) is 0 Å². The van der Waals surface area contributed by atoms with Gasteiger partial charge in [0.2, 0.25) is 5.44 Å². The zero-order valence-corrected chi connectivity index (χ0v) is 8.77. The summed E-state index contributed by atoms with van der Waals surface area (Å²) in [5, 5.41) is 53.3. The van der Waals surface area contributed by atoms with Gasteiger partial charge in [-0.2, -0.15) is 8.42 Å². The molecule has 5 atom stereocenters. The van der Waals surface area contributed by atoms with Crippen LogP contribution in [0.3, 0.4) is 0 Å². The van der Waals surface area contributed by atoms with Crippen molar-refractivity contribution in [2.45, 2.75) is 29.9 Å². The SMILES string of the molecule is O=S(=O)(O)[C@H](O)[C@@H](O)[C@@H](O)[C@H](O)[C@H](O)CO. The number of aliphatic hydroxyl groups excluding tert-OH is 6. The van der Waals surface area contributed by atoms with E-state index in [9.17, 15) is 8.42 Å². The van der Waals surface area contributed by atoms with E-state index in [0.717, 1.165) is 0 Å². The van der Waals surface area contributed by atoms with Gasteiger partial charge in [0, 0.05) is 0 Å². The summed E-state index contributed by atoms with van der Waals surface area (Å²) < 4.78 is 29.1. The molecule has 10 heteroatoms. The van der Waals surface area contributed by atoms with Crippen molar-refractivity contribution in [3.63, 3.8) is 0 Å². The fourth-order valence-corrected chi connectivity index (χ4v) is 1.40. The maximum absolute atomic E-state index is 10.4. The molecule has 0 rings (SSSR count). The van der Waals surface area contributed by atoms with E-state index in [-0.39, 0.29) is 0 Å². The number of hydrogen-bond acceptors (Lipinski definition) is 8. The van der Waals surface area contributed by atoms with Gasteiger partial charge in [0.25, 0.3) is 10.1 Å². The zero-order valence-electron chi connectivity index (χ0n) is 7.95. The minimum Gasteiger partial charge on any atom is -0.394 e. The molecule has 0 unspecified atom stereocenters. The van der Waals surface area contributed by atoms with Crippen molar-refractivity contribution in [1.82, 2.24) is 0 Å². The second-order valence-electron chi connectivity index (χ2n) is 3.13. The maximum Gasteiger partial charge on any atom is 0.294 e. The normalized spacial score (nSPS) is 22.2. The minimum atomic E-state index is -5.02. The standard InChI is InChI=1S/C6H14O9S/c7-1-2(8)3(9)4(10)5(11)6(12)16(13,14)15/h2-12H,1H2,(H,13,14,15)/t2-,3-,4+,5+,6+/m1/s1. The lowest BCUT2D eigenvalue weighted by molar-refractivity contribution is -0.129. The van der Waals surface area contributed by atoms with Gasteiger partial charge < -0.3 is 30.6 Å². The molecule has 0 aromatic rings. The molecule has 0 bridgehead atoms. The van der Waals surface area contributed by atoms with Crippen LogP contribution in [0.15, 0.2) is 0 Å². The first-order chi connectivity index (χ1) is 7.12. The summed E-state index contributed by atoms with van der Waals surface area (Å²) >= 11 is 0. The van der Waals surface area contributed by atoms with E-state index >= 15 is 0 Å². The average Bonchev–Trinajstić information content (AvgIpc) is 2.22. The van der Waals surface area contributed by atoms with Gasteiger partial charge in [0.1, 0.15) is 24.4 Å². The molecule has 7 N–H and O–H groups in total. The zero-order chi connectivity index (χ0) is 13.1. The lowest BCUT2D eigenvalue weighted by Crippen LogP contribution is -2.51. The predicted molar refractivity (Wildman–Crippen MR) is 48.7 cm³/mol. The van der Waals surface area contributed by atoms with Crippen molar-refractivity contribution in [3.8, 4) is 0 Å². The van der Waals surface area contributed by atoms with E-state index in [2.05, 4.69) is 0 Å². The summed E-state index contributed by atoms with van der Waals surface area (Å²) in [4.78, 5) is 0. The van der Waals surface area contributed by atoms with E-state index in [1.165, 1.54) is 0 Å². The van der Waals surface area contributed by atoms with E-state index in [1.807, 2.05) is 0 Å². The Balaban J connectivity index is 4.67. The summed E-state index contributed by atoms with van der Waals surface area (Å²) in [5.74, 6) is 0. The molecule has 0 aliphatic heterocycles. The molecular weight excluding hydrogens is 248 g/mol. The van der Waals surface area contributed by atoms with Crippen molar-refractivity contribution in [2.75, 3.05) is 6.61 Å². The molecule has 0 saturated carbocycles. The first kappa shape index (κ1) is 15.7. The third-order valence-electron chi connectivity index (χ3n) is 1.88. The Bertz CT molecular complexity index is 301. The Labute approximate surface area is 91.0 Å².